The highest BCUT2D eigenvalue weighted by atomic mass is 32.2. The average Bonchev–Trinajstić information content (AvgIpc) is 2.79. The number of nitrogens with one attached hydrogen (secondary N) is 1. The number of rotatable bonds is 4. The molecule has 2 rings (SSSR count). The zero-order chi connectivity index (χ0) is 12.4. The van der Waals surface area contributed by atoms with Gasteiger partial charge in [-0.3, -0.25) is 14.5 Å². The fourth-order valence-corrected chi connectivity index (χ4v) is 2.60. The minimum absolute atomic E-state index is 0.127. The lowest BCUT2D eigenvalue weighted by atomic mass is 10.4. The van der Waals surface area contributed by atoms with E-state index in [-0.39, 0.29) is 24.2 Å². The fraction of sp³-hybridized carbons (Fsp3) is 0.556. The van der Waals surface area contributed by atoms with Gasteiger partial charge in [0.1, 0.15) is 5.25 Å². The Morgan fingerprint density at radius 3 is 2.94 bits per heavy atom. The van der Waals surface area contributed by atoms with Gasteiger partial charge in [-0.25, -0.2) is 5.10 Å². The van der Waals surface area contributed by atoms with Crippen LogP contribution in [0.25, 0.3) is 0 Å². The molecule has 0 bridgehead atoms. The zero-order valence-corrected chi connectivity index (χ0v) is 10.2. The maximum absolute atomic E-state index is 11.9. The molecule has 7 nitrogen and oxygen atoms in total. The molecule has 1 atom stereocenters. The Morgan fingerprint density at radius 1 is 1.59 bits per heavy atom. The Hall–Kier alpha value is -1.57. The summed E-state index contributed by atoms with van der Waals surface area (Å²) in [6.07, 6.45) is 0.973. The molecule has 1 aromatic heterocycles. The molecule has 1 unspecified atom stereocenters. The van der Waals surface area contributed by atoms with Crippen LogP contribution < -0.4 is 5.73 Å². The molecule has 1 fully saturated rings. The van der Waals surface area contributed by atoms with Crippen LogP contribution in [0, 0.1) is 0 Å². The van der Waals surface area contributed by atoms with E-state index in [1.54, 1.807) is 0 Å². The molecular weight excluding hydrogens is 242 g/mol. The monoisotopic (exact) mass is 255 g/mol. The summed E-state index contributed by atoms with van der Waals surface area (Å²) >= 11 is 1.17. The van der Waals surface area contributed by atoms with Crippen molar-refractivity contribution in [3.05, 3.63) is 0 Å². The number of hydrogen-bond donors (Lipinski definition) is 2. The highest BCUT2D eigenvalue weighted by Crippen LogP contribution is 2.29. The van der Waals surface area contributed by atoms with E-state index >= 15 is 0 Å². The maximum Gasteiger partial charge on any atom is 0.243 e. The Balaban J connectivity index is 2.04. The second-order valence-electron chi connectivity index (χ2n) is 3.70. The topological polar surface area (TPSA) is 105 Å². The molecule has 0 aromatic carbocycles. The van der Waals surface area contributed by atoms with Crippen molar-refractivity contribution in [2.45, 2.75) is 30.2 Å². The summed E-state index contributed by atoms with van der Waals surface area (Å²) in [6.45, 7) is 2.40. The summed E-state index contributed by atoms with van der Waals surface area (Å²) in [5, 5.41) is 6.29. The van der Waals surface area contributed by atoms with E-state index in [9.17, 15) is 9.59 Å². The minimum Gasteiger partial charge on any atom is -0.368 e. The van der Waals surface area contributed by atoms with Crippen molar-refractivity contribution < 1.29 is 9.59 Å². The predicted octanol–water partition coefficient (Wildman–Crippen LogP) is 0.0165. The summed E-state index contributed by atoms with van der Waals surface area (Å²) in [5.41, 5.74) is 5.39. The average molecular weight is 255 g/mol. The number of imide groups is 1. The Morgan fingerprint density at radius 2 is 2.35 bits per heavy atom. The Bertz CT molecular complexity index is 446. The Labute approximate surface area is 102 Å². The zero-order valence-electron chi connectivity index (χ0n) is 9.34. The summed E-state index contributed by atoms with van der Waals surface area (Å²) in [6, 6.07) is 0. The molecule has 0 radical (unpaired) electrons. The van der Waals surface area contributed by atoms with Gasteiger partial charge in [0, 0.05) is 13.0 Å². The number of thioether (sulfide) groups is 1. The molecular formula is C9H13N5O2S. The number of H-pyrrole nitrogens is 1. The van der Waals surface area contributed by atoms with Crippen molar-refractivity contribution in [1.29, 1.82) is 0 Å². The van der Waals surface area contributed by atoms with Crippen LogP contribution in [0.2, 0.25) is 0 Å². The number of amides is 2. The number of nitrogen functional groups attached to an aromatic ring is 1. The van der Waals surface area contributed by atoms with Gasteiger partial charge < -0.3 is 5.73 Å². The number of anilines is 1. The SMILES string of the molecule is CCCN1C(=O)CC(Sc2n[nH]c(N)n2)C1=O. The molecule has 1 aliphatic heterocycles. The first kappa shape index (κ1) is 11.9. The van der Waals surface area contributed by atoms with Crippen LogP contribution in [0.4, 0.5) is 5.95 Å². The van der Waals surface area contributed by atoms with E-state index < -0.39 is 5.25 Å². The standard InChI is InChI=1S/C9H13N5O2S/c1-2-3-14-6(15)4-5(7(14)16)17-9-11-8(10)12-13-9/h5H,2-4H2,1H3,(H3,10,11,12,13). The fourth-order valence-electron chi connectivity index (χ4n) is 1.64. The second kappa shape index (κ2) is 4.74. The van der Waals surface area contributed by atoms with Gasteiger partial charge in [-0.05, 0) is 6.42 Å². The first-order chi connectivity index (χ1) is 8.11. The maximum atomic E-state index is 11.9. The van der Waals surface area contributed by atoms with Gasteiger partial charge in [-0.1, -0.05) is 18.7 Å². The van der Waals surface area contributed by atoms with E-state index in [2.05, 4.69) is 15.2 Å². The highest BCUT2D eigenvalue weighted by Gasteiger charge is 2.39. The molecule has 0 saturated carbocycles. The van der Waals surface area contributed by atoms with Crippen molar-refractivity contribution in [3.8, 4) is 0 Å². The first-order valence-corrected chi connectivity index (χ1v) is 6.18. The molecule has 2 amide bonds. The molecule has 1 aliphatic rings. The van der Waals surface area contributed by atoms with Crippen molar-refractivity contribution in [2.75, 3.05) is 12.3 Å². The molecule has 17 heavy (non-hydrogen) atoms. The molecule has 3 N–H and O–H groups in total. The van der Waals surface area contributed by atoms with Gasteiger partial charge in [-0.15, -0.1) is 5.10 Å². The number of nitrogens with zero attached hydrogens (tertiary/aromatic N) is 3. The van der Waals surface area contributed by atoms with Gasteiger partial charge in [0.25, 0.3) is 0 Å². The van der Waals surface area contributed by atoms with Gasteiger partial charge >= 0.3 is 0 Å². The first-order valence-electron chi connectivity index (χ1n) is 5.30. The number of aromatic amines is 1. The molecule has 0 spiro atoms. The van der Waals surface area contributed by atoms with Crippen molar-refractivity contribution in [1.82, 2.24) is 20.1 Å². The van der Waals surface area contributed by atoms with E-state index in [1.807, 2.05) is 6.92 Å². The van der Waals surface area contributed by atoms with Crippen LogP contribution >= 0.6 is 11.8 Å². The molecule has 1 aromatic rings. The van der Waals surface area contributed by atoms with E-state index in [0.29, 0.717) is 11.7 Å². The van der Waals surface area contributed by atoms with Crippen molar-refractivity contribution in [3.63, 3.8) is 0 Å². The van der Waals surface area contributed by atoms with Crippen LogP contribution in [0.5, 0.6) is 0 Å². The van der Waals surface area contributed by atoms with Crippen LogP contribution in [-0.2, 0) is 9.59 Å². The lowest BCUT2D eigenvalue weighted by Crippen LogP contribution is -2.31. The number of carbonyl (C=O) groups is 2. The molecule has 8 heteroatoms. The third kappa shape index (κ3) is 2.41. The lowest BCUT2D eigenvalue weighted by Gasteiger charge is -2.12. The Kier molecular flexibility index (Phi) is 3.32. The number of carbonyl (C=O) groups excluding carboxylic acids is 2. The van der Waals surface area contributed by atoms with Gasteiger partial charge in [0.2, 0.25) is 22.9 Å². The van der Waals surface area contributed by atoms with Gasteiger partial charge in [0.05, 0.1) is 0 Å². The number of aromatic nitrogens is 3. The number of nitrogens with two attached hydrogens (primary N) is 1. The third-order valence-corrected chi connectivity index (χ3v) is 3.43. The second-order valence-corrected chi connectivity index (χ2v) is 4.87. The normalized spacial score (nSPS) is 20.3. The largest absolute Gasteiger partial charge is 0.368 e. The number of likely N-dealkylation sites (tertiary alicyclic amines) is 1. The summed E-state index contributed by atoms with van der Waals surface area (Å²) in [7, 11) is 0. The number of hydrogen-bond acceptors (Lipinski definition) is 6. The smallest absolute Gasteiger partial charge is 0.243 e. The molecule has 1 saturated heterocycles. The van der Waals surface area contributed by atoms with Crippen molar-refractivity contribution >= 4 is 29.5 Å². The van der Waals surface area contributed by atoms with E-state index in [4.69, 9.17) is 5.73 Å². The van der Waals surface area contributed by atoms with Crippen molar-refractivity contribution in [2.24, 2.45) is 0 Å². The molecule has 92 valence electrons. The molecule has 2 heterocycles. The van der Waals surface area contributed by atoms with Crippen LogP contribution in [0.1, 0.15) is 19.8 Å². The van der Waals surface area contributed by atoms with Crippen LogP contribution in [-0.4, -0.2) is 43.7 Å². The lowest BCUT2D eigenvalue weighted by molar-refractivity contribution is -0.138. The predicted molar refractivity (Wildman–Crippen MR) is 62.1 cm³/mol. The van der Waals surface area contributed by atoms with Gasteiger partial charge in [0.15, 0.2) is 0 Å². The van der Waals surface area contributed by atoms with Crippen LogP contribution in [0.15, 0.2) is 5.16 Å². The van der Waals surface area contributed by atoms with Crippen LogP contribution in [0.3, 0.4) is 0 Å². The molecule has 0 aliphatic carbocycles. The van der Waals surface area contributed by atoms with E-state index in [0.717, 1.165) is 6.42 Å². The third-order valence-electron chi connectivity index (χ3n) is 2.38. The summed E-state index contributed by atoms with van der Waals surface area (Å²) in [4.78, 5) is 28.7. The highest BCUT2D eigenvalue weighted by molar-refractivity contribution is 8.00. The summed E-state index contributed by atoms with van der Waals surface area (Å²) < 4.78 is 0. The van der Waals surface area contributed by atoms with E-state index in [1.165, 1.54) is 16.7 Å². The summed E-state index contributed by atoms with van der Waals surface area (Å²) in [5.74, 6) is -0.0854. The quantitative estimate of drug-likeness (QED) is 0.735. The minimum atomic E-state index is -0.427. The van der Waals surface area contributed by atoms with Gasteiger partial charge in [-0.2, -0.15) is 4.98 Å².